The zero-order chi connectivity index (χ0) is 31.6. The Morgan fingerprint density at radius 2 is 0.771 bits per heavy atom. The molecule has 8 aromatic carbocycles. The second-order valence-electron chi connectivity index (χ2n) is 12.6. The standard InChI is InChI=1S/C46H30N2/c1-2-12-31(13-3-1)33-16-10-17-36(28-33)47-43-21-8-6-19-38(43)40-26-24-34(29-45(40)47)35-25-27-41-39-20-7-9-22-44(39)48(46(41)30-35)42-23-11-15-32-14-4-5-18-37(32)42/h1-30H. The molecule has 2 heteroatoms. The lowest BCUT2D eigenvalue weighted by molar-refractivity contribution is 1.18. The molecule has 10 aromatic rings. The number of aromatic nitrogens is 2. The summed E-state index contributed by atoms with van der Waals surface area (Å²) < 4.78 is 4.87. The molecule has 0 fully saturated rings. The SMILES string of the molecule is c1ccc(-c2cccc(-n3c4ccccc4c4ccc(-c5ccc6c7ccccc7n(-c7cccc8ccccc78)c6c5)cc43)c2)cc1. The molecule has 0 bridgehead atoms. The van der Waals surface area contributed by atoms with E-state index in [1.165, 1.54) is 82.3 Å². The van der Waals surface area contributed by atoms with Crippen LogP contribution in [0.5, 0.6) is 0 Å². The minimum atomic E-state index is 1.16. The Labute approximate surface area is 278 Å². The van der Waals surface area contributed by atoms with E-state index in [1.54, 1.807) is 0 Å². The Balaban J connectivity index is 1.21. The third-order valence-corrected chi connectivity index (χ3v) is 9.90. The van der Waals surface area contributed by atoms with Crippen molar-refractivity contribution in [3.63, 3.8) is 0 Å². The van der Waals surface area contributed by atoms with Gasteiger partial charge in [-0.2, -0.15) is 0 Å². The van der Waals surface area contributed by atoms with Crippen molar-refractivity contribution >= 4 is 54.4 Å². The maximum absolute atomic E-state index is 2.45. The van der Waals surface area contributed by atoms with E-state index in [1.807, 2.05) is 0 Å². The van der Waals surface area contributed by atoms with Crippen LogP contribution in [0, 0.1) is 0 Å². The summed E-state index contributed by atoms with van der Waals surface area (Å²) in [4.78, 5) is 0. The molecule has 224 valence electrons. The summed E-state index contributed by atoms with van der Waals surface area (Å²) in [7, 11) is 0. The van der Waals surface area contributed by atoms with E-state index in [4.69, 9.17) is 0 Å². The van der Waals surface area contributed by atoms with Crippen LogP contribution in [0.15, 0.2) is 182 Å². The molecule has 0 radical (unpaired) electrons. The van der Waals surface area contributed by atoms with Crippen molar-refractivity contribution in [3.8, 4) is 33.6 Å². The van der Waals surface area contributed by atoms with E-state index >= 15 is 0 Å². The Bertz CT molecular complexity index is 2830. The average molecular weight is 611 g/mol. The molecule has 2 nitrogen and oxygen atoms in total. The van der Waals surface area contributed by atoms with Crippen LogP contribution in [0.4, 0.5) is 0 Å². The van der Waals surface area contributed by atoms with Gasteiger partial charge in [-0.3, -0.25) is 0 Å². The van der Waals surface area contributed by atoms with Crippen molar-refractivity contribution in [2.45, 2.75) is 0 Å². The highest BCUT2D eigenvalue weighted by Gasteiger charge is 2.17. The lowest BCUT2D eigenvalue weighted by Crippen LogP contribution is -1.95. The predicted molar refractivity (Wildman–Crippen MR) is 203 cm³/mol. The Hall–Kier alpha value is -6.38. The molecule has 0 atom stereocenters. The largest absolute Gasteiger partial charge is 0.309 e. The van der Waals surface area contributed by atoms with Crippen LogP contribution in [0.25, 0.3) is 88.0 Å². The van der Waals surface area contributed by atoms with Gasteiger partial charge in [-0.25, -0.2) is 0 Å². The number of benzene rings is 8. The van der Waals surface area contributed by atoms with Crippen LogP contribution in [0.3, 0.4) is 0 Å². The molecule has 48 heavy (non-hydrogen) atoms. The lowest BCUT2D eigenvalue weighted by Gasteiger charge is -2.13. The van der Waals surface area contributed by atoms with Gasteiger partial charge in [-0.05, 0) is 70.1 Å². The van der Waals surface area contributed by atoms with Gasteiger partial charge in [0.25, 0.3) is 0 Å². The normalized spacial score (nSPS) is 11.8. The van der Waals surface area contributed by atoms with Crippen LogP contribution >= 0.6 is 0 Å². The molecule has 0 unspecified atom stereocenters. The van der Waals surface area contributed by atoms with E-state index < -0.39 is 0 Å². The first-order chi connectivity index (χ1) is 23.8. The molecule has 0 spiro atoms. The summed E-state index contributed by atoms with van der Waals surface area (Å²) in [6.45, 7) is 0. The maximum Gasteiger partial charge on any atom is 0.0547 e. The predicted octanol–water partition coefficient (Wildman–Crippen LogP) is 12.4. The molecule has 10 rings (SSSR count). The first-order valence-electron chi connectivity index (χ1n) is 16.5. The van der Waals surface area contributed by atoms with E-state index in [0.29, 0.717) is 0 Å². The van der Waals surface area contributed by atoms with Gasteiger partial charge in [-0.1, -0.05) is 140 Å². The third-order valence-electron chi connectivity index (χ3n) is 9.90. The van der Waals surface area contributed by atoms with Crippen LogP contribution in [-0.4, -0.2) is 9.13 Å². The van der Waals surface area contributed by atoms with Gasteiger partial charge in [0.05, 0.1) is 27.8 Å². The molecule has 0 saturated heterocycles. The summed E-state index contributed by atoms with van der Waals surface area (Å²) in [6.07, 6.45) is 0. The number of hydrogen-bond acceptors (Lipinski definition) is 0. The van der Waals surface area contributed by atoms with Crippen molar-refractivity contribution in [3.05, 3.63) is 182 Å². The number of nitrogens with zero attached hydrogens (tertiary/aromatic N) is 2. The molecule has 0 aliphatic rings. The Morgan fingerprint density at radius 1 is 0.271 bits per heavy atom. The zero-order valence-electron chi connectivity index (χ0n) is 26.2. The van der Waals surface area contributed by atoms with Crippen LogP contribution in [-0.2, 0) is 0 Å². The van der Waals surface area contributed by atoms with Crippen LogP contribution < -0.4 is 0 Å². The van der Waals surface area contributed by atoms with E-state index in [2.05, 4.69) is 191 Å². The summed E-state index contributed by atoms with van der Waals surface area (Å²) in [5, 5.41) is 7.53. The summed E-state index contributed by atoms with van der Waals surface area (Å²) in [6, 6.07) is 66.3. The fraction of sp³-hybridized carbons (Fsp3) is 0. The Kier molecular flexibility index (Phi) is 5.91. The second kappa shape index (κ2) is 10.6. The molecule has 0 amide bonds. The van der Waals surface area contributed by atoms with Crippen molar-refractivity contribution in [2.24, 2.45) is 0 Å². The highest BCUT2D eigenvalue weighted by Crippen LogP contribution is 2.39. The Morgan fingerprint density at radius 3 is 1.50 bits per heavy atom. The summed E-state index contributed by atoms with van der Waals surface area (Å²) >= 11 is 0. The molecule has 0 aliphatic heterocycles. The number of para-hydroxylation sites is 2. The molecule has 2 heterocycles. The van der Waals surface area contributed by atoms with Crippen molar-refractivity contribution < 1.29 is 0 Å². The molecule has 2 aromatic heterocycles. The smallest absolute Gasteiger partial charge is 0.0547 e. The maximum atomic E-state index is 2.45. The third kappa shape index (κ3) is 4.06. The number of fused-ring (bicyclic) bond motifs is 7. The lowest BCUT2D eigenvalue weighted by atomic mass is 10.0. The quantitative estimate of drug-likeness (QED) is 0.188. The van der Waals surface area contributed by atoms with Gasteiger partial charge in [-0.15, -0.1) is 0 Å². The molecule has 0 aliphatic carbocycles. The fourth-order valence-electron chi connectivity index (χ4n) is 7.70. The number of hydrogen-bond donors (Lipinski definition) is 0. The van der Waals surface area contributed by atoms with Crippen LogP contribution in [0.1, 0.15) is 0 Å². The van der Waals surface area contributed by atoms with E-state index in [9.17, 15) is 0 Å². The topological polar surface area (TPSA) is 9.86 Å². The minimum Gasteiger partial charge on any atom is -0.309 e. The fourth-order valence-corrected chi connectivity index (χ4v) is 7.70. The molecule has 0 N–H and O–H groups in total. The van der Waals surface area contributed by atoms with Crippen molar-refractivity contribution in [1.29, 1.82) is 0 Å². The highest BCUT2D eigenvalue weighted by molar-refractivity contribution is 6.13. The second-order valence-corrected chi connectivity index (χ2v) is 12.6. The van der Waals surface area contributed by atoms with E-state index in [-0.39, 0.29) is 0 Å². The first-order valence-corrected chi connectivity index (χ1v) is 16.5. The molecule has 0 saturated carbocycles. The first kappa shape index (κ1) is 26.8. The van der Waals surface area contributed by atoms with E-state index in [0.717, 1.165) is 5.69 Å². The van der Waals surface area contributed by atoms with Gasteiger partial charge in [0.2, 0.25) is 0 Å². The van der Waals surface area contributed by atoms with Gasteiger partial charge in [0.1, 0.15) is 0 Å². The van der Waals surface area contributed by atoms with Gasteiger partial charge < -0.3 is 9.13 Å². The zero-order valence-corrected chi connectivity index (χ0v) is 26.2. The average Bonchev–Trinajstić information content (AvgIpc) is 3.67. The summed E-state index contributed by atoms with van der Waals surface area (Å²) in [5.41, 5.74) is 12.0. The molecular formula is C46H30N2. The monoisotopic (exact) mass is 610 g/mol. The number of rotatable bonds is 4. The molecular weight excluding hydrogens is 581 g/mol. The van der Waals surface area contributed by atoms with Gasteiger partial charge >= 0.3 is 0 Å². The minimum absolute atomic E-state index is 1.16. The van der Waals surface area contributed by atoms with Crippen LogP contribution in [0.2, 0.25) is 0 Å². The van der Waals surface area contributed by atoms with Gasteiger partial charge in [0, 0.05) is 32.6 Å². The highest BCUT2D eigenvalue weighted by atomic mass is 15.0. The van der Waals surface area contributed by atoms with Gasteiger partial charge in [0.15, 0.2) is 0 Å². The van der Waals surface area contributed by atoms with Crippen molar-refractivity contribution in [1.82, 2.24) is 9.13 Å². The summed E-state index contributed by atoms with van der Waals surface area (Å²) in [5.74, 6) is 0. The van der Waals surface area contributed by atoms with Crippen molar-refractivity contribution in [2.75, 3.05) is 0 Å².